The van der Waals surface area contributed by atoms with Gasteiger partial charge in [0, 0.05) is 27.2 Å². The molecule has 2 aromatic rings. The molecular formula is C18H23ClN4O4S. The van der Waals surface area contributed by atoms with E-state index in [4.69, 9.17) is 16.3 Å². The maximum absolute atomic E-state index is 12.6. The van der Waals surface area contributed by atoms with Gasteiger partial charge in [0.25, 0.3) is 5.56 Å². The van der Waals surface area contributed by atoms with Crippen LogP contribution in [0.4, 0.5) is 5.69 Å². The van der Waals surface area contributed by atoms with Gasteiger partial charge < -0.3 is 10.1 Å². The zero-order valence-corrected chi connectivity index (χ0v) is 17.3. The first-order valence-electron chi connectivity index (χ1n) is 8.93. The van der Waals surface area contributed by atoms with E-state index in [2.05, 4.69) is 10.4 Å². The van der Waals surface area contributed by atoms with Gasteiger partial charge in [-0.25, -0.2) is 12.7 Å². The summed E-state index contributed by atoms with van der Waals surface area (Å²) in [4.78, 5) is 12.7. The van der Waals surface area contributed by atoms with E-state index in [9.17, 15) is 13.2 Å². The minimum Gasteiger partial charge on any atom is -0.382 e. The number of anilines is 1. The van der Waals surface area contributed by atoms with Crippen molar-refractivity contribution in [1.82, 2.24) is 14.1 Å². The number of ether oxygens (including phenoxy) is 1. The van der Waals surface area contributed by atoms with Crippen molar-refractivity contribution in [3.63, 3.8) is 0 Å². The number of nitrogens with zero attached hydrogens (tertiary/aromatic N) is 3. The van der Waals surface area contributed by atoms with Gasteiger partial charge in [-0.3, -0.25) is 4.79 Å². The molecule has 1 N–H and O–H groups in total. The molecule has 0 amide bonds. The van der Waals surface area contributed by atoms with Crippen LogP contribution in [0.15, 0.2) is 40.2 Å². The molecular weight excluding hydrogens is 404 g/mol. The van der Waals surface area contributed by atoms with Crippen molar-refractivity contribution < 1.29 is 13.2 Å². The van der Waals surface area contributed by atoms with Crippen LogP contribution < -0.4 is 10.9 Å². The molecule has 1 fully saturated rings. The molecule has 3 rings (SSSR count). The standard InChI is InChI=1S/C18H23ClN4O4S/c1-22(2)28(25,26)15-7-5-14(6-8-15)23-18(24)17(19)16(11-21-23)20-10-13-4-3-9-27-12-13/h5-8,11,13,20H,3-4,9-10,12H2,1-2H3/t13-/m0/s1. The van der Waals surface area contributed by atoms with Gasteiger partial charge in [0.05, 0.1) is 29.1 Å². The molecule has 1 aliphatic rings. The molecule has 28 heavy (non-hydrogen) atoms. The third-order valence-corrected chi connectivity index (χ3v) is 6.81. The highest BCUT2D eigenvalue weighted by atomic mass is 35.5. The lowest BCUT2D eigenvalue weighted by Crippen LogP contribution is -2.27. The Kier molecular flexibility index (Phi) is 6.39. The van der Waals surface area contributed by atoms with Crippen LogP contribution in [-0.2, 0) is 14.8 Å². The van der Waals surface area contributed by atoms with Crippen LogP contribution in [0.25, 0.3) is 5.69 Å². The fourth-order valence-electron chi connectivity index (χ4n) is 2.93. The molecule has 0 spiro atoms. The van der Waals surface area contributed by atoms with Crippen LogP contribution in [-0.4, -0.2) is 56.4 Å². The fourth-order valence-corrected chi connectivity index (χ4v) is 4.03. The summed E-state index contributed by atoms with van der Waals surface area (Å²) in [5.74, 6) is 0.374. The molecule has 0 bridgehead atoms. The Bertz CT molecular complexity index is 984. The number of nitrogens with one attached hydrogen (secondary N) is 1. The van der Waals surface area contributed by atoms with E-state index < -0.39 is 15.6 Å². The summed E-state index contributed by atoms with van der Waals surface area (Å²) >= 11 is 6.24. The molecule has 152 valence electrons. The lowest BCUT2D eigenvalue weighted by Gasteiger charge is -2.22. The zero-order valence-electron chi connectivity index (χ0n) is 15.8. The second-order valence-electron chi connectivity index (χ2n) is 6.83. The van der Waals surface area contributed by atoms with Gasteiger partial charge in [-0.2, -0.15) is 9.78 Å². The van der Waals surface area contributed by atoms with Gasteiger partial charge in [-0.05, 0) is 43.0 Å². The number of hydrogen-bond acceptors (Lipinski definition) is 6. The minimum atomic E-state index is -3.54. The Morgan fingerprint density at radius 3 is 2.64 bits per heavy atom. The smallest absolute Gasteiger partial charge is 0.292 e. The van der Waals surface area contributed by atoms with Crippen LogP contribution in [0, 0.1) is 5.92 Å². The predicted molar refractivity (Wildman–Crippen MR) is 108 cm³/mol. The predicted octanol–water partition coefficient (Wildman–Crippen LogP) is 1.97. The van der Waals surface area contributed by atoms with Gasteiger partial charge >= 0.3 is 0 Å². The molecule has 1 aromatic heterocycles. The van der Waals surface area contributed by atoms with Crippen molar-refractivity contribution in [3.05, 3.63) is 45.8 Å². The summed E-state index contributed by atoms with van der Waals surface area (Å²) < 4.78 is 32.0. The quantitative estimate of drug-likeness (QED) is 0.759. The Hall–Kier alpha value is -1.94. The fraction of sp³-hybridized carbons (Fsp3) is 0.444. The Morgan fingerprint density at radius 2 is 2.04 bits per heavy atom. The SMILES string of the molecule is CN(C)S(=O)(=O)c1ccc(-n2ncc(NC[C@@H]3CCCOC3)c(Cl)c2=O)cc1. The largest absolute Gasteiger partial charge is 0.382 e. The first-order chi connectivity index (χ1) is 13.3. The highest BCUT2D eigenvalue weighted by Crippen LogP contribution is 2.20. The lowest BCUT2D eigenvalue weighted by molar-refractivity contribution is 0.0595. The maximum Gasteiger partial charge on any atom is 0.292 e. The number of hydrogen-bond donors (Lipinski definition) is 1. The van der Waals surface area contributed by atoms with Crippen molar-refractivity contribution >= 4 is 27.3 Å². The van der Waals surface area contributed by atoms with Crippen molar-refractivity contribution in [2.45, 2.75) is 17.7 Å². The number of benzene rings is 1. The normalized spacial score (nSPS) is 17.6. The molecule has 8 nitrogen and oxygen atoms in total. The van der Waals surface area contributed by atoms with E-state index in [1.54, 1.807) is 0 Å². The van der Waals surface area contributed by atoms with Crippen molar-refractivity contribution in [2.75, 3.05) is 39.2 Å². The molecule has 1 atom stereocenters. The van der Waals surface area contributed by atoms with Crippen LogP contribution in [0.1, 0.15) is 12.8 Å². The summed E-state index contributed by atoms with van der Waals surface area (Å²) in [5.41, 5.74) is 0.423. The van der Waals surface area contributed by atoms with Crippen LogP contribution in [0.3, 0.4) is 0 Å². The number of sulfonamides is 1. The summed E-state index contributed by atoms with van der Waals surface area (Å²) in [6.45, 7) is 2.14. The van der Waals surface area contributed by atoms with Crippen LogP contribution in [0.2, 0.25) is 5.02 Å². The third kappa shape index (κ3) is 4.38. The highest BCUT2D eigenvalue weighted by molar-refractivity contribution is 7.89. The Labute approximate surface area is 169 Å². The van der Waals surface area contributed by atoms with Gasteiger partial charge in [0.1, 0.15) is 5.02 Å². The summed E-state index contributed by atoms with van der Waals surface area (Å²) in [6.07, 6.45) is 3.59. The average Bonchev–Trinajstić information content (AvgIpc) is 2.70. The molecule has 1 aromatic carbocycles. The van der Waals surface area contributed by atoms with Crippen LogP contribution in [0.5, 0.6) is 0 Å². The molecule has 1 aliphatic heterocycles. The van der Waals surface area contributed by atoms with E-state index in [1.165, 1.54) is 44.6 Å². The van der Waals surface area contributed by atoms with E-state index in [0.29, 0.717) is 30.4 Å². The van der Waals surface area contributed by atoms with E-state index >= 15 is 0 Å². The number of aromatic nitrogens is 2. The van der Waals surface area contributed by atoms with E-state index in [0.717, 1.165) is 28.4 Å². The monoisotopic (exact) mass is 426 g/mol. The van der Waals surface area contributed by atoms with Crippen LogP contribution >= 0.6 is 11.6 Å². The molecule has 0 radical (unpaired) electrons. The average molecular weight is 427 g/mol. The van der Waals surface area contributed by atoms with E-state index in [1.807, 2.05) is 0 Å². The molecule has 10 heteroatoms. The summed E-state index contributed by atoms with van der Waals surface area (Å²) in [5, 5.41) is 7.38. The van der Waals surface area contributed by atoms with Gasteiger partial charge in [-0.1, -0.05) is 11.6 Å². The molecule has 0 unspecified atom stereocenters. The maximum atomic E-state index is 12.6. The van der Waals surface area contributed by atoms with Gasteiger partial charge in [0.15, 0.2) is 0 Å². The van der Waals surface area contributed by atoms with Gasteiger partial charge in [0.2, 0.25) is 10.0 Å². The minimum absolute atomic E-state index is 0.0386. The first-order valence-corrected chi connectivity index (χ1v) is 10.7. The first kappa shape index (κ1) is 20.8. The molecule has 0 aliphatic carbocycles. The molecule has 0 saturated carbocycles. The van der Waals surface area contributed by atoms with Crippen molar-refractivity contribution in [1.29, 1.82) is 0 Å². The van der Waals surface area contributed by atoms with E-state index in [-0.39, 0.29) is 9.92 Å². The number of rotatable bonds is 6. The topological polar surface area (TPSA) is 93.5 Å². The number of halogens is 1. The Balaban J connectivity index is 1.80. The lowest BCUT2D eigenvalue weighted by atomic mass is 10.0. The second-order valence-corrected chi connectivity index (χ2v) is 9.36. The summed E-state index contributed by atoms with van der Waals surface area (Å²) in [7, 11) is -0.623. The second kappa shape index (κ2) is 8.60. The van der Waals surface area contributed by atoms with Crippen molar-refractivity contribution in [3.8, 4) is 5.69 Å². The zero-order chi connectivity index (χ0) is 20.3. The Morgan fingerprint density at radius 1 is 1.32 bits per heavy atom. The van der Waals surface area contributed by atoms with Crippen molar-refractivity contribution in [2.24, 2.45) is 5.92 Å². The summed E-state index contributed by atoms with van der Waals surface area (Å²) in [6, 6.07) is 5.91. The van der Waals surface area contributed by atoms with Gasteiger partial charge in [-0.15, -0.1) is 0 Å². The highest BCUT2D eigenvalue weighted by Gasteiger charge is 2.18. The third-order valence-electron chi connectivity index (χ3n) is 4.61. The molecule has 1 saturated heterocycles. The molecule has 2 heterocycles.